The number of carbonyl (C=O) groups excluding carboxylic acids is 1. The van der Waals surface area contributed by atoms with Gasteiger partial charge in [0.15, 0.2) is 0 Å². The van der Waals surface area contributed by atoms with E-state index in [9.17, 15) is 9.90 Å². The van der Waals surface area contributed by atoms with E-state index in [0.717, 1.165) is 0 Å². The molecule has 6 nitrogen and oxygen atoms in total. The third-order valence-electron chi connectivity index (χ3n) is 2.12. The summed E-state index contributed by atoms with van der Waals surface area (Å²) < 4.78 is 5.92. The van der Waals surface area contributed by atoms with Gasteiger partial charge in [-0.15, -0.1) is 5.10 Å². The van der Waals surface area contributed by atoms with Crippen LogP contribution in [-0.2, 0) is 4.74 Å². The fourth-order valence-corrected chi connectivity index (χ4v) is 1.35. The standard InChI is InChI=1S/C11H11N3O3/c1-2-17-11(16)9-10(15)14(13-12-9)8-6-4-3-5-7-8/h3-7,15H,2H2,1H3. The van der Waals surface area contributed by atoms with Crippen molar-refractivity contribution in [3.8, 4) is 11.6 Å². The molecule has 1 N–H and O–H groups in total. The maximum atomic E-state index is 11.4. The molecule has 0 amide bonds. The highest BCUT2D eigenvalue weighted by molar-refractivity contribution is 5.89. The van der Waals surface area contributed by atoms with Crippen LogP contribution in [0.3, 0.4) is 0 Å². The van der Waals surface area contributed by atoms with E-state index < -0.39 is 5.97 Å². The van der Waals surface area contributed by atoms with Gasteiger partial charge in [-0.25, -0.2) is 4.79 Å². The Balaban J connectivity index is 2.37. The third kappa shape index (κ3) is 2.10. The Morgan fingerprint density at radius 1 is 1.41 bits per heavy atom. The number of aromatic hydroxyl groups is 1. The first-order valence-corrected chi connectivity index (χ1v) is 5.11. The molecule has 0 spiro atoms. The van der Waals surface area contributed by atoms with E-state index in [1.165, 1.54) is 4.68 Å². The number of carbonyl (C=O) groups is 1. The quantitative estimate of drug-likeness (QED) is 0.804. The van der Waals surface area contributed by atoms with Gasteiger partial charge in [-0.1, -0.05) is 23.4 Å². The van der Waals surface area contributed by atoms with Crippen molar-refractivity contribution >= 4 is 5.97 Å². The van der Waals surface area contributed by atoms with Crippen LogP contribution in [0.5, 0.6) is 5.88 Å². The fraction of sp³-hybridized carbons (Fsp3) is 0.182. The van der Waals surface area contributed by atoms with E-state index in [4.69, 9.17) is 4.74 Å². The molecule has 1 aromatic carbocycles. The van der Waals surface area contributed by atoms with Gasteiger partial charge in [0.05, 0.1) is 12.3 Å². The molecule has 0 unspecified atom stereocenters. The second-order valence-corrected chi connectivity index (χ2v) is 3.23. The summed E-state index contributed by atoms with van der Waals surface area (Å²) in [6, 6.07) is 8.90. The first kappa shape index (κ1) is 11.1. The molecule has 0 aliphatic heterocycles. The first-order chi connectivity index (χ1) is 8.24. The maximum absolute atomic E-state index is 11.4. The van der Waals surface area contributed by atoms with E-state index in [2.05, 4.69) is 10.3 Å². The lowest BCUT2D eigenvalue weighted by Gasteiger charge is -2.01. The minimum atomic E-state index is -0.688. The minimum absolute atomic E-state index is 0.185. The van der Waals surface area contributed by atoms with Crippen LogP contribution in [0.4, 0.5) is 0 Å². The summed E-state index contributed by atoms with van der Waals surface area (Å²) in [5.41, 5.74) is 0.434. The SMILES string of the molecule is CCOC(=O)c1nnn(-c2ccccc2)c1O. The second kappa shape index (κ2) is 4.65. The molecule has 0 bridgehead atoms. The van der Waals surface area contributed by atoms with Crippen LogP contribution in [0.1, 0.15) is 17.4 Å². The number of esters is 1. The van der Waals surface area contributed by atoms with Gasteiger partial charge in [0.2, 0.25) is 11.6 Å². The van der Waals surface area contributed by atoms with E-state index in [1.54, 1.807) is 31.2 Å². The van der Waals surface area contributed by atoms with Gasteiger partial charge in [0, 0.05) is 0 Å². The number of rotatable bonds is 3. The smallest absolute Gasteiger partial charge is 0.364 e. The van der Waals surface area contributed by atoms with E-state index in [0.29, 0.717) is 5.69 Å². The molecular weight excluding hydrogens is 222 g/mol. The van der Waals surface area contributed by atoms with Crippen LogP contribution < -0.4 is 0 Å². The van der Waals surface area contributed by atoms with Gasteiger partial charge < -0.3 is 9.84 Å². The van der Waals surface area contributed by atoms with E-state index in [1.807, 2.05) is 6.07 Å². The molecule has 0 fully saturated rings. The van der Waals surface area contributed by atoms with Crippen LogP contribution in [0.15, 0.2) is 30.3 Å². The number of hydrogen-bond acceptors (Lipinski definition) is 5. The fourth-order valence-electron chi connectivity index (χ4n) is 1.35. The highest BCUT2D eigenvalue weighted by atomic mass is 16.5. The van der Waals surface area contributed by atoms with Crippen LogP contribution in [0, 0.1) is 0 Å². The van der Waals surface area contributed by atoms with Gasteiger partial charge in [-0.05, 0) is 19.1 Å². The molecule has 17 heavy (non-hydrogen) atoms. The predicted octanol–water partition coefficient (Wildman–Crippen LogP) is 1.15. The molecule has 0 saturated carbocycles. The predicted molar refractivity (Wildman–Crippen MR) is 59.0 cm³/mol. The topological polar surface area (TPSA) is 77.2 Å². The van der Waals surface area contributed by atoms with Crippen molar-refractivity contribution in [1.29, 1.82) is 0 Å². The zero-order valence-corrected chi connectivity index (χ0v) is 9.20. The Bertz CT molecular complexity index is 522. The van der Waals surface area contributed by atoms with Crippen molar-refractivity contribution in [3.63, 3.8) is 0 Å². The molecule has 0 saturated heterocycles. The highest BCUT2D eigenvalue weighted by Crippen LogP contribution is 2.19. The van der Waals surface area contributed by atoms with E-state index >= 15 is 0 Å². The van der Waals surface area contributed by atoms with Crippen molar-refractivity contribution in [3.05, 3.63) is 36.0 Å². The van der Waals surface area contributed by atoms with Gasteiger partial charge >= 0.3 is 5.97 Å². The van der Waals surface area contributed by atoms with E-state index in [-0.39, 0.29) is 18.2 Å². The number of ether oxygens (including phenoxy) is 1. The highest BCUT2D eigenvalue weighted by Gasteiger charge is 2.20. The number of nitrogens with zero attached hydrogens (tertiary/aromatic N) is 3. The van der Waals surface area contributed by atoms with Crippen molar-refractivity contribution in [2.75, 3.05) is 6.61 Å². The Labute approximate surface area is 97.4 Å². The summed E-state index contributed by atoms with van der Waals surface area (Å²) in [6.45, 7) is 1.90. The summed E-state index contributed by atoms with van der Waals surface area (Å²) in [5, 5.41) is 17.1. The lowest BCUT2D eigenvalue weighted by Crippen LogP contribution is -2.05. The molecular formula is C11H11N3O3. The van der Waals surface area contributed by atoms with Crippen LogP contribution in [0.25, 0.3) is 5.69 Å². The van der Waals surface area contributed by atoms with Crippen molar-refractivity contribution < 1.29 is 14.6 Å². The summed E-state index contributed by atoms with van der Waals surface area (Å²) in [4.78, 5) is 11.4. The van der Waals surface area contributed by atoms with Crippen LogP contribution in [-0.4, -0.2) is 32.7 Å². The Kier molecular flexibility index (Phi) is 3.04. The first-order valence-electron chi connectivity index (χ1n) is 5.11. The number of para-hydroxylation sites is 1. The summed E-state index contributed by atoms with van der Waals surface area (Å²) in [7, 11) is 0. The monoisotopic (exact) mass is 233 g/mol. The number of hydrogen-bond donors (Lipinski definition) is 1. The molecule has 2 aromatic rings. The van der Waals surface area contributed by atoms with Gasteiger partial charge in [0.25, 0.3) is 0 Å². The van der Waals surface area contributed by atoms with Crippen LogP contribution in [0.2, 0.25) is 0 Å². The second-order valence-electron chi connectivity index (χ2n) is 3.23. The number of aromatic nitrogens is 3. The van der Waals surface area contributed by atoms with Crippen LogP contribution >= 0.6 is 0 Å². The largest absolute Gasteiger partial charge is 0.491 e. The zero-order chi connectivity index (χ0) is 12.3. The van der Waals surface area contributed by atoms with Gasteiger partial charge in [0.1, 0.15) is 0 Å². The third-order valence-corrected chi connectivity index (χ3v) is 2.12. The number of benzene rings is 1. The average molecular weight is 233 g/mol. The molecule has 0 atom stereocenters. The Hall–Kier alpha value is -2.37. The lowest BCUT2D eigenvalue weighted by atomic mass is 10.3. The normalized spacial score (nSPS) is 10.2. The molecule has 0 aliphatic rings. The Morgan fingerprint density at radius 2 is 2.12 bits per heavy atom. The molecule has 6 heteroatoms. The lowest BCUT2D eigenvalue weighted by molar-refractivity contribution is 0.0516. The summed E-state index contributed by atoms with van der Waals surface area (Å²) in [6.07, 6.45) is 0. The molecule has 1 heterocycles. The summed E-state index contributed by atoms with van der Waals surface area (Å²) >= 11 is 0. The molecule has 2 rings (SSSR count). The van der Waals surface area contributed by atoms with Gasteiger partial charge in [-0.3, -0.25) is 0 Å². The molecule has 0 radical (unpaired) electrons. The average Bonchev–Trinajstić information content (AvgIpc) is 2.72. The molecule has 1 aromatic heterocycles. The Morgan fingerprint density at radius 3 is 2.76 bits per heavy atom. The maximum Gasteiger partial charge on any atom is 0.364 e. The van der Waals surface area contributed by atoms with Crippen molar-refractivity contribution in [1.82, 2.24) is 15.0 Å². The minimum Gasteiger partial charge on any atom is -0.491 e. The zero-order valence-electron chi connectivity index (χ0n) is 9.20. The molecule has 0 aliphatic carbocycles. The summed E-state index contributed by atoms with van der Waals surface area (Å²) in [5.74, 6) is -1.01. The van der Waals surface area contributed by atoms with Gasteiger partial charge in [-0.2, -0.15) is 4.68 Å². The van der Waals surface area contributed by atoms with Crippen molar-refractivity contribution in [2.24, 2.45) is 0 Å². The van der Waals surface area contributed by atoms with Crippen molar-refractivity contribution in [2.45, 2.75) is 6.92 Å². The molecule has 88 valence electrons.